The zero-order valence-corrected chi connectivity index (χ0v) is 12.4. The summed E-state index contributed by atoms with van der Waals surface area (Å²) in [5.41, 5.74) is -1.10. The lowest BCUT2D eigenvalue weighted by Gasteiger charge is -2.38. The number of nitrogens with one attached hydrogen (secondary N) is 2. The van der Waals surface area contributed by atoms with Crippen LogP contribution >= 0.6 is 0 Å². The number of likely N-dealkylation sites (tertiary alicyclic amines) is 1. The molecule has 1 spiro atoms. The molecule has 0 aromatic carbocycles. The predicted molar refractivity (Wildman–Crippen MR) is 73.1 cm³/mol. The summed E-state index contributed by atoms with van der Waals surface area (Å²) in [5.74, 6) is -0.196. The molecule has 7 heteroatoms. The standard InChI is InChI=1S/C13H22N4O3/c1-12(2,3)14-11(20)17-7-5-13(6-8-17)9(18)16(4)10(19)15-13/h5-8H2,1-4H3,(H,14,20)(H,15,19). The topological polar surface area (TPSA) is 81.8 Å². The molecule has 2 aliphatic rings. The van der Waals surface area contributed by atoms with E-state index in [-0.39, 0.29) is 23.5 Å². The van der Waals surface area contributed by atoms with Gasteiger partial charge in [-0.1, -0.05) is 0 Å². The number of nitrogens with zero attached hydrogens (tertiary/aromatic N) is 2. The number of imide groups is 1. The van der Waals surface area contributed by atoms with Crippen LogP contribution in [0.2, 0.25) is 0 Å². The highest BCUT2D eigenvalue weighted by Gasteiger charge is 2.51. The Morgan fingerprint density at radius 2 is 1.80 bits per heavy atom. The summed E-state index contributed by atoms with van der Waals surface area (Å²) in [6.45, 7) is 6.69. The highest BCUT2D eigenvalue weighted by molar-refractivity contribution is 6.06. The van der Waals surface area contributed by atoms with Crippen LogP contribution in [0.25, 0.3) is 0 Å². The van der Waals surface area contributed by atoms with E-state index in [4.69, 9.17) is 0 Å². The molecule has 0 saturated carbocycles. The fourth-order valence-corrected chi connectivity index (χ4v) is 2.59. The maximum absolute atomic E-state index is 12.1. The van der Waals surface area contributed by atoms with Gasteiger partial charge in [-0.3, -0.25) is 9.69 Å². The van der Waals surface area contributed by atoms with Crippen LogP contribution in [0.4, 0.5) is 9.59 Å². The number of carbonyl (C=O) groups excluding carboxylic acids is 3. The van der Waals surface area contributed by atoms with Crippen molar-refractivity contribution in [2.45, 2.75) is 44.7 Å². The minimum absolute atomic E-state index is 0.127. The van der Waals surface area contributed by atoms with Gasteiger partial charge in [-0.25, -0.2) is 9.59 Å². The first-order valence-corrected chi connectivity index (χ1v) is 6.82. The van der Waals surface area contributed by atoms with Gasteiger partial charge in [0.25, 0.3) is 5.91 Å². The van der Waals surface area contributed by atoms with Crippen LogP contribution in [-0.4, -0.2) is 59.0 Å². The van der Waals surface area contributed by atoms with Crippen LogP contribution < -0.4 is 10.6 Å². The van der Waals surface area contributed by atoms with Crippen LogP contribution in [0, 0.1) is 0 Å². The monoisotopic (exact) mass is 282 g/mol. The van der Waals surface area contributed by atoms with E-state index in [1.54, 1.807) is 4.90 Å². The van der Waals surface area contributed by atoms with Gasteiger partial charge in [0.15, 0.2) is 0 Å². The molecule has 2 rings (SSSR count). The van der Waals surface area contributed by atoms with Crippen molar-refractivity contribution in [3.8, 4) is 0 Å². The molecule has 2 saturated heterocycles. The molecule has 2 aliphatic heterocycles. The normalized spacial score (nSPS) is 22.2. The Labute approximate surface area is 118 Å². The second-order valence-corrected chi connectivity index (χ2v) is 6.54. The molecule has 0 unspecified atom stereocenters. The van der Waals surface area contributed by atoms with Gasteiger partial charge in [-0.2, -0.15) is 0 Å². The fourth-order valence-electron chi connectivity index (χ4n) is 2.59. The average Bonchev–Trinajstić information content (AvgIpc) is 2.53. The Bertz CT molecular complexity index is 447. The van der Waals surface area contributed by atoms with E-state index < -0.39 is 5.54 Å². The lowest BCUT2D eigenvalue weighted by Crippen LogP contribution is -2.58. The third-order valence-electron chi connectivity index (χ3n) is 3.75. The molecule has 0 aliphatic carbocycles. The van der Waals surface area contributed by atoms with E-state index in [1.807, 2.05) is 20.8 Å². The van der Waals surface area contributed by atoms with Gasteiger partial charge in [0.2, 0.25) is 0 Å². The number of urea groups is 2. The van der Waals surface area contributed by atoms with Crippen molar-refractivity contribution in [1.29, 1.82) is 0 Å². The van der Waals surface area contributed by atoms with Crippen molar-refractivity contribution in [3.05, 3.63) is 0 Å². The molecule has 112 valence electrons. The van der Waals surface area contributed by atoms with Crippen LogP contribution in [0.15, 0.2) is 0 Å². The largest absolute Gasteiger partial charge is 0.333 e. The Balaban J connectivity index is 1.98. The first-order chi connectivity index (χ1) is 9.15. The second-order valence-electron chi connectivity index (χ2n) is 6.54. The van der Waals surface area contributed by atoms with Crippen molar-refractivity contribution in [1.82, 2.24) is 20.4 Å². The maximum Gasteiger partial charge on any atom is 0.324 e. The van der Waals surface area contributed by atoms with Crippen molar-refractivity contribution in [2.24, 2.45) is 0 Å². The van der Waals surface area contributed by atoms with E-state index in [0.717, 1.165) is 4.90 Å². The molecule has 5 amide bonds. The summed E-state index contributed by atoms with van der Waals surface area (Å²) in [6, 6.07) is -0.486. The van der Waals surface area contributed by atoms with Gasteiger partial charge in [-0.05, 0) is 33.6 Å². The fraction of sp³-hybridized carbons (Fsp3) is 0.769. The minimum Gasteiger partial charge on any atom is -0.333 e. The van der Waals surface area contributed by atoms with Gasteiger partial charge in [-0.15, -0.1) is 0 Å². The Kier molecular flexibility index (Phi) is 3.39. The molecule has 0 radical (unpaired) electrons. The van der Waals surface area contributed by atoms with Crippen molar-refractivity contribution in [2.75, 3.05) is 20.1 Å². The summed E-state index contributed by atoms with van der Waals surface area (Å²) in [7, 11) is 1.48. The third-order valence-corrected chi connectivity index (χ3v) is 3.75. The molecule has 2 N–H and O–H groups in total. The molecule has 7 nitrogen and oxygen atoms in total. The van der Waals surface area contributed by atoms with Crippen LogP contribution in [0.5, 0.6) is 0 Å². The van der Waals surface area contributed by atoms with E-state index in [2.05, 4.69) is 10.6 Å². The lowest BCUT2D eigenvalue weighted by molar-refractivity contribution is -0.131. The minimum atomic E-state index is -0.815. The summed E-state index contributed by atoms with van der Waals surface area (Å²) in [5, 5.41) is 5.66. The third kappa shape index (κ3) is 2.57. The first-order valence-electron chi connectivity index (χ1n) is 6.82. The highest BCUT2D eigenvalue weighted by Crippen LogP contribution is 2.28. The number of hydrogen-bond acceptors (Lipinski definition) is 3. The molecule has 2 fully saturated rings. The zero-order valence-electron chi connectivity index (χ0n) is 12.4. The van der Waals surface area contributed by atoms with Gasteiger partial charge < -0.3 is 15.5 Å². The smallest absolute Gasteiger partial charge is 0.324 e. The summed E-state index contributed by atoms with van der Waals surface area (Å²) in [6.07, 6.45) is 0.916. The SMILES string of the molecule is CN1C(=O)NC2(CCN(C(=O)NC(C)(C)C)CC2)C1=O. The Morgan fingerprint density at radius 1 is 1.25 bits per heavy atom. The van der Waals surface area contributed by atoms with Crippen molar-refractivity contribution in [3.63, 3.8) is 0 Å². The quantitative estimate of drug-likeness (QED) is 0.635. The number of rotatable bonds is 0. The summed E-state index contributed by atoms with van der Waals surface area (Å²) in [4.78, 5) is 38.5. The number of carbonyl (C=O) groups is 3. The van der Waals surface area contributed by atoms with E-state index in [1.165, 1.54) is 7.05 Å². The van der Waals surface area contributed by atoms with E-state index >= 15 is 0 Å². The number of likely N-dealkylation sites (N-methyl/N-ethyl adjacent to an activating group) is 1. The number of amides is 5. The van der Waals surface area contributed by atoms with E-state index in [9.17, 15) is 14.4 Å². The maximum atomic E-state index is 12.1. The number of piperidine rings is 1. The van der Waals surface area contributed by atoms with Crippen LogP contribution in [0.1, 0.15) is 33.6 Å². The van der Waals surface area contributed by atoms with Crippen LogP contribution in [-0.2, 0) is 4.79 Å². The average molecular weight is 282 g/mol. The van der Waals surface area contributed by atoms with Gasteiger partial charge in [0.1, 0.15) is 5.54 Å². The van der Waals surface area contributed by atoms with Gasteiger partial charge in [0, 0.05) is 25.7 Å². The molecular weight excluding hydrogens is 260 g/mol. The summed E-state index contributed by atoms with van der Waals surface area (Å²) < 4.78 is 0. The molecule has 0 bridgehead atoms. The van der Waals surface area contributed by atoms with Crippen molar-refractivity contribution >= 4 is 18.0 Å². The van der Waals surface area contributed by atoms with Gasteiger partial charge >= 0.3 is 12.1 Å². The molecular formula is C13H22N4O3. The van der Waals surface area contributed by atoms with E-state index in [0.29, 0.717) is 25.9 Å². The predicted octanol–water partition coefficient (Wildman–Crippen LogP) is 0.511. The first kappa shape index (κ1) is 14.6. The lowest BCUT2D eigenvalue weighted by atomic mass is 9.87. The van der Waals surface area contributed by atoms with Crippen LogP contribution in [0.3, 0.4) is 0 Å². The van der Waals surface area contributed by atoms with Gasteiger partial charge in [0.05, 0.1) is 0 Å². The van der Waals surface area contributed by atoms with Crippen molar-refractivity contribution < 1.29 is 14.4 Å². The highest BCUT2D eigenvalue weighted by atomic mass is 16.2. The molecule has 2 heterocycles. The Hall–Kier alpha value is -1.79. The Morgan fingerprint density at radius 3 is 2.20 bits per heavy atom. The molecule has 20 heavy (non-hydrogen) atoms. The summed E-state index contributed by atoms with van der Waals surface area (Å²) >= 11 is 0. The zero-order chi connectivity index (χ0) is 15.1. The molecule has 0 aromatic rings. The molecule has 0 aromatic heterocycles. The second kappa shape index (κ2) is 4.64. The molecule has 0 atom stereocenters. The number of hydrogen-bond donors (Lipinski definition) is 2.